The Balaban J connectivity index is 2.26. The van der Waals surface area contributed by atoms with Gasteiger partial charge >= 0.3 is 0 Å². The highest BCUT2D eigenvalue weighted by atomic mass is 32.2. The lowest BCUT2D eigenvalue weighted by molar-refractivity contribution is 0.0944. The maximum atomic E-state index is 12.4. The van der Waals surface area contributed by atoms with Crippen LogP contribution in [0, 0.1) is 0 Å². The van der Waals surface area contributed by atoms with Crippen molar-refractivity contribution in [2.24, 2.45) is 0 Å². The Morgan fingerprint density at radius 1 is 1.52 bits per heavy atom. The first-order chi connectivity index (χ1) is 10.1. The molecule has 0 aliphatic carbocycles. The van der Waals surface area contributed by atoms with E-state index >= 15 is 0 Å². The molecule has 4 nitrogen and oxygen atoms in total. The van der Waals surface area contributed by atoms with Gasteiger partial charge in [-0.25, -0.2) is 0 Å². The van der Waals surface area contributed by atoms with E-state index in [0.717, 1.165) is 22.3 Å². The van der Waals surface area contributed by atoms with Gasteiger partial charge in [0.15, 0.2) is 0 Å². The number of amides is 1. The van der Waals surface area contributed by atoms with Crippen LogP contribution in [0.2, 0.25) is 0 Å². The number of thiophene rings is 1. The number of nitrogens with two attached hydrogens (primary N) is 1. The third kappa shape index (κ3) is 3.44. The van der Waals surface area contributed by atoms with E-state index in [-0.39, 0.29) is 11.9 Å². The van der Waals surface area contributed by atoms with Gasteiger partial charge in [-0.2, -0.15) is 11.8 Å². The predicted molar refractivity (Wildman–Crippen MR) is 92.7 cm³/mol. The SMILES string of the molecule is COc1cccc2sc(C(=O)NC(C)CCSC)c(N)c12. The van der Waals surface area contributed by atoms with E-state index in [0.29, 0.717) is 16.3 Å². The number of hydrogen-bond donors (Lipinski definition) is 2. The average molecular weight is 324 g/mol. The van der Waals surface area contributed by atoms with Gasteiger partial charge in [-0.05, 0) is 37.5 Å². The molecule has 0 aliphatic rings. The summed E-state index contributed by atoms with van der Waals surface area (Å²) in [7, 11) is 1.61. The zero-order valence-electron chi connectivity index (χ0n) is 12.4. The number of carbonyl (C=O) groups is 1. The van der Waals surface area contributed by atoms with Crippen molar-refractivity contribution in [2.45, 2.75) is 19.4 Å². The summed E-state index contributed by atoms with van der Waals surface area (Å²) >= 11 is 3.18. The molecule has 1 atom stereocenters. The molecule has 1 amide bonds. The number of rotatable bonds is 6. The summed E-state index contributed by atoms with van der Waals surface area (Å²) in [4.78, 5) is 12.9. The minimum atomic E-state index is -0.107. The summed E-state index contributed by atoms with van der Waals surface area (Å²) in [6.07, 6.45) is 3.01. The zero-order chi connectivity index (χ0) is 15.4. The fraction of sp³-hybridized carbons (Fsp3) is 0.400. The van der Waals surface area contributed by atoms with Crippen LogP contribution in [0.25, 0.3) is 10.1 Å². The minimum Gasteiger partial charge on any atom is -0.496 e. The number of benzene rings is 1. The summed E-state index contributed by atoms with van der Waals surface area (Å²) in [6, 6.07) is 5.84. The molecule has 1 aromatic carbocycles. The number of carbonyl (C=O) groups excluding carboxylic acids is 1. The van der Waals surface area contributed by atoms with Crippen molar-refractivity contribution in [2.75, 3.05) is 24.9 Å². The smallest absolute Gasteiger partial charge is 0.263 e. The van der Waals surface area contributed by atoms with Crippen LogP contribution in [-0.4, -0.2) is 31.1 Å². The number of nitrogen functional groups attached to an aromatic ring is 1. The van der Waals surface area contributed by atoms with Gasteiger partial charge in [0.2, 0.25) is 0 Å². The highest BCUT2D eigenvalue weighted by molar-refractivity contribution is 7.98. The van der Waals surface area contributed by atoms with Gasteiger partial charge in [-0.1, -0.05) is 6.07 Å². The lowest BCUT2D eigenvalue weighted by Crippen LogP contribution is -2.32. The van der Waals surface area contributed by atoms with Crippen LogP contribution in [0.1, 0.15) is 23.0 Å². The average Bonchev–Trinajstić information content (AvgIpc) is 2.82. The molecule has 1 unspecified atom stereocenters. The lowest BCUT2D eigenvalue weighted by atomic mass is 10.2. The van der Waals surface area contributed by atoms with E-state index in [1.165, 1.54) is 11.3 Å². The first kappa shape index (κ1) is 16.0. The maximum absolute atomic E-state index is 12.4. The summed E-state index contributed by atoms with van der Waals surface area (Å²) in [5.41, 5.74) is 6.66. The standard InChI is InChI=1S/C15H20N2O2S2/c1-9(7-8-20-3)17-15(18)14-13(16)12-10(19-2)5-4-6-11(12)21-14/h4-6,9H,7-8,16H2,1-3H3,(H,17,18). The number of nitrogens with one attached hydrogen (secondary N) is 1. The zero-order valence-corrected chi connectivity index (χ0v) is 14.1. The Morgan fingerprint density at radius 2 is 2.29 bits per heavy atom. The lowest BCUT2D eigenvalue weighted by Gasteiger charge is -2.12. The Kier molecular flexibility index (Phi) is 5.36. The quantitative estimate of drug-likeness (QED) is 0.855. The molecule has 0 bridgehead atoms. The highest BCUT2D eigenvalue weighted by Gasteiger charge is 2.19. The van der Waals surface area contributed by atoms with Crippen LogP contribution in [0.15, 0.2) is 18.2 Å². The van der Waals surface area contributed by atoms with Crippen molar-refractivity contribution in [3.63, 3.8) is 0 Å². The van der Waals surface area contributed by atoms with Crippen molar-refractivity contribution in [3.8, 4) is 5.75 Å². The molecule has 114 valence electrons. The van der Waals surface area contributed by atoms with Gasteiger partial charge in [0.05, 0.1) is 18.2 Å². The van der Waals surface area contributed by atoms with Crippen LogP contribution in [0.4, 0.5) is 5.69 Å². The van der Waals surface area contributed by atoms with Crippen molar-refractivity contribution < 1.29 is 9.53 Å². The summed E-state index contributed by atoms with van der Waals surface area (Å²) < 4.78 is 6.29. The molecule has 0 spiro atoms. The molecule has 3 N–H and O–H groups in total. The molecule has 0 aliphatic heterocycles. The number of ether oxygens (including phenoxy) is 1. The van der Waals surface area contributed by atoms with Crippen molar-refractivity contribution in [1.82, 2.24) is 5.32 Å². The summed E-state index contributed by atoms with van der Waals surface area (Å²) in [5.74, 6) is 1.62. The third-order valence-corrected chi connectivity index (χ3v) is 5.09. The second-order valence-electron chi connectivity index (χ2n) is 4.83. The second-order valence-corrected chi connectivity index (χ2v) is 6.87. The number of hydrogen-bond acceptors (Lipinski definition) is 5. The molecule has 6 heteroatoms. The van der Waals surface area contributed by atoms with Gasteiger partial charge in [0.1, 0.15) is 10.6 Å². The number of anilines is 1. The Morgan fingerprint density at radius 3 is 2.95 bits per heavy atom. The molecule has 0 radical (unpaired) electrons. The molecule has 1 heterocycles. The van der Waals surface area contributed by atoms with E-state index in [4.69, 9.17) is 10.5 Å². The van der Waals surface area contributed by atoms with E-state index < -0.39 is 0 Å². The van der Waals surface area contributed by atoms with Gasteiger partial charge in [0.25, 0.3) is 5.91 Å². The van der Waals surface area contributed by atoms with Crippen LogP contribution < -0.4 is 15.8 Å². The van der Waals surface area contributed by atoms with E-state index in [1.54, 1.807) is 18.9 Å². The second kappa shape index (κ2) is 7.04. The number of methoxy groups -OCH3 is 1. The molecule has 21 heavy (non-hydrogen) atoms. The highest BCUT2D eigenvalue weighted by Crippen LogP contribution is 2.39. The first-order valence-corrected chi connectivity index (χ1v) is 8.94. The van der Waals surface area contributed by atoms with Crippen LogP contribution >= 0.6 is 23.1 Å². The van der Waals surface area contributed by atoms with E-state index in [9.17, 15) is 4.79 Å². The first-order valence-electron chi connectivity index (χ1n) is 6.73. The molecule has 2 rings (SSSR count). The van der Waals surface area contributed by atoms with Gasteiger partial charge < -0.3 is 15.8 Å². The van der Waals surface area contributed by atoms with Crippen molar-refractivity contribution in [1.29, 1.82) is 0 Å². The Hall–Kier alpha value is -1.40. The third-order valence-electron chi connectivity index (χ3n) is 3.27. The molecule has 0 saturated carbocycles. The Labute approximate surface area is 133 Å². The molecular weight excluding hydrogens is 304 g/mol. The van der Waals surface area contributed by atoms with Gasteiger partial charge in [-0.3, -0.25) is 4.79 Å². The maximum Gasteiger partial charge on any atom is 0.263 e. The molecule has 0 saturated heterocycles. The molecule has 1 aromatic heterocycles. The minimum absolute atomic E-state index is 0.107. The predicted octanol–water partition coefficient (Wildman–Crippen LogP) is 3.36. The van der Waals surface area contributed by atoms with Crippen molar-refractivity contribution >= 4 is 44.8 Å². The summed E-state index contributed by atoms with van der Waals surface area (Å²) in [5, 5.41) is 3.83. The Bertz CT molecular complexity index is 640. The fourth-order valence-corrected chi connectivity index (χ4v) is 3.77. The van der Waals surface area contributed by atoms with E-state index in [1.807, 2.05) is 25.1 Å². The van der Waals surface area contributed by atoms with Crippen LogP contribution in [-0.2, 0) is 0 Å². The number of fused-ring (bicyclic) bond motifs is 1. The molecule has 2 aromatic rings. The largest absolute Gasteiger partial charge is 0.496 e. The fourth-order valence-electron chi connectivity index (χ4n) is 2.13. The molecule has 0 fully saturated rings. The van der Waals surface area contributed by atoms with Crippen LogP contribution in [0.3, 0.4) is 0 Å². The van der Waals surface area contributed by atoms with Gasteiger partial charge in [0, 0.05) is 10.7 Å². The van der Waals surface area contributed by atoms with E-state index in [2.05, 4.69) is 11.6 Å². The monoisotopic (exact) mass is 324 g/mol. The van der Waals surface area contributed by atoms with Crippen LogP contribution in [0.5, 0.6) is 5.75 Å². The normalized spacial score (nSPS) is 12.3. The molecular formula is C15H20N2O2S2. The van der Waals surface area contributed by atoms with Crippen molar-refractivity contribution in [3.05, 3.63) is 23.1 Å². The summed E-state index contributed by atoms with van der Waals surface area (Å²) in [6.45, 7) is 2.01. The van der Waals surface area contributed by atoms with Gasteiger partial charge in [-0.15, -0.1) is 11.3 Å². The number of thioether (sulfide) groups is 1. The topological polar surface area (TPSA) is 64.3 Å².